The molecule has 0 unspecified atom stereocenters. The summed E-state index contributed by atoms with van der Waals surface area (Å²) in [7, 11) is 1.38. The van der Waals surface area contributed by atoms with E-state index in [0.717, 1.165) is 27.8 Å². The first kappa shape index (κ1) is 52.6. The Morgan fingerprint density at radius 1 is 0.587 bits per heavy atom. The fourth-order valence-corrected chi connectivity index (χ4v) is 5.03. The molecule has 0 radical (unpaired) electrons. The van der Waals surface area contributed by atoms with Crippen molar-refractivity contribution in [1.29, 1.82) is 5.26 Å². The Morgan fingerprint density at radius 3 is 1.44 bits per heavy atom. The lowest BCUT2D eigenvalue weighted by Gasteiger charge is -2.01. The number of amides is 3. The highest BCUT2D eigenvalue weighted by atomic mass is 16.5. The minimum Gasteiger partial charge on any atom is -0.478 e. The minimum atomic E-state index is -0.888. The molecule has 0 aliphatic heterocycles. The van der Waals surface area contributed by atoms with Gasteiger partial charge in [-0.05, 0) is 129 Å². The molecule has 0 saturated carbocycles. The van der Waals surface area contributed by atoms with Crippen molar-refractivity contribution in [2.45, 2.75) is 34.6 Å². The summed E-state index contributed by atoms with van der Waals surface area (Å²) in [5.74, 6) is -2.55. The van der Waals surface area contributed by atoms with Crippen LogP contribution in [0.3, 0.4) is 0 Å². The number of primary amides is 3. The molecule has 3 amide bonds. The molecule has 5 rings (SSSR count). The normalized spacial score (nSPS) is 10.3. The lowest BCUT2D eigenvalue weighted by molar-refractivity contribution is 0.0599. The van der Waals surface area contributed by atoms with Gasteiger partial charge in [0.2, 0.25) is 17.7 Å². The molecule has 7 N–H and O–H groups in total. The number of aromatic carboxylic acids is 1. The smallest absolute Gasteiger partial charge is 0.337 e. The molecule has 0 aromatic heterocycles. The third-order valence-corrected chi connectivity index (χ3v) is 8.11. The number of ether oxygens (including phenoxy) is 1. The standard InChI is InChI=1S/C11H10N2O.C11H13NO.C11H12O2.C10H10O2.C8H7NO2/c1-8(7-12)5-9-3-2-4-10(6-9)11(13)14;1-3-4-9-7-10(11(12)13)6-5-8(9)2;1-3-5-9-6-4-7-10(8-9)11(12)13-2;1-2-4-8-5-3-6-9(7-8)10(11)12;9-8(11)7-3-1-2-6(4-7)5-10/h2-6H,1H3,(H2,13,14);3-7H,1-2H3,(H2,12,13);3-8H,1-2H3;2-7H,1H3,(H,11,12);1-5H,(H2,9,11)/b8-5-;4-3+;5-3+;4-2+;. The second-order valence-electron chi connectivity index (χ2n) is 13.0. The number of carbonyl (C=O) groups excluding carboxylic acids is 5. The van der Waals surface area contributed by atoms with E-state index in [1.807, 2.05) is 101 Å². The first-order valence-electron chi connectivity index (χ1n) is 19.2. The van der Waals surface area contributed by atoms with Crippen molar-refractivity contribution in [3.05, 3.63) is 200 Å². The van der Waals surface area contributed by atoms with E-state index in [-0.39, 0.29) is 11.9 Å². The van der Waals surface area contributed by atoms with Gasteiger partial charge >= 0.3 is 11.9 Å². The van der Waals surface area contributed by atoms with Crippen molar-refractivity contribution in [3.8, 4) is 6.07 Å². The van der Waals surface area contributed by atoms with Crippen LogP contribution >= 0.6 is 0 Å². The Labute approximate surface area is 368 Å². The van der Waals surface area contributed by atoms with Gasteiger partial charge in [-0.3, -0.25) is 19.2 Å². The molecule has 0 aliphatic rings. The van der Waals surface area contributed by atoms with Crippen molar-refractivity contribution in [1.82, 2.24) is 0 Å². The summed E-state index contributed by atoms with van der Waals surface area (Å²) in [6.45, 7) is 9.48. The molecule has 0 bridgehead atoms. The van der Waals surface area contributed by atoms with E-state index in [1.54, 1.807) is 91.9 Å². The lowest BCUT2D eigenvalue weighted by Crippen LogP contribution is -2.10. The van der Waals surface area contributed by atoms with E-state index in [9.17, 15) is 28.8 Å². The van der Waals surface area contributed by atoms with Crippen LogP contribution in [0.2, 0.25) is 0 Å². The predicted octanol–water partition coefficient (Wildman–Crippen LogP) is 9.36. The number of esters is 1. The molecule has 0 aliphatic carbocycles. The molecule has 12 nitrogen and oxygen atoms in total. The molecule has 0 heterocycles. The van der Waals surface area contributed by atoms with Crippen LogP contribution in [0.5, 0.6) is 0 Å². The first-order chi connectivity index (χ1) is 30.0. The van der Waals surface area contributed by atoms with Gasteiger partial charge in [-0.1, -0.05) is 91.1 Å². The SMILES string of the molecule is C/C(C#N)=C/c1cccc(C(N)=O)c1.C/C=C/c1cc(C(N)=O)ccc1C.C/C=C/c1cccc(C(=O)O)c1.C/C=C/c1cccc(C(=O)OC)c1.NC(=O)c1cccc(C=O)c1. The van der Waals surface area contributed by atoms with Crippen molar-refractivity contribution in [2.24, 2.45) is 17.2 Å². The maximum absolute atomic E-state index is 11.1. The van der Waals surface area contributed by atoms with E-state index in [0.29, 0.717) is 45.2 Å². The number of hydrogen-bond donors (Lipinski definition) is 4. The maximum Gasteiger partial charge on any atom is 0.337 e. The number of nitrogens with two attached hydrogens (primary N) is 3. The molecular weight excluding hydrogens is 797 g/mol. The molecule has 0 spiro atoms. The van der Waals surface area contributed by atoms with Crippen LogP contribution in [0, 0.1) is 18.3 Å². The molecule has 0 atom stereocenters. The Kier molecular flexibility index (Phi) is 24.1. The van der Waals surface area contributed by atoms with Gasteiger partial charge in [0, 0.05) is 27.8 Å². The number of aldehydes is 1. The number of methoxy groups -OCH3 is 1. The van der Waals surface area contributed by atoms with Gasteiger partial charge < -0.3 is 27.0 Å². The topological polar surface area (TPSA) is 234 Å². The predicted molar refractivity (Wildman–Crippen MR) is 250 cm³/mol. The summed E-state index contributed by atoms with van der Waals surface area (Å²) >= 11 is 0. The van der Waals surface area contributed by atoms with E-state index < -0.39 is 17.8 Å². The molecular formula is C51H52N4O8. The number of rotatable bonds is 10. The minimum absolute atomic E-state index is 0.300. The Hall–Kier alpha value is -8.43. The van der Waals surface area contributed by atoms with Crippen molar-refractivity contribution in [2.75, 3.05) is 7.11 Å². The van der Waals surface area contributed by atoms with Gasteiger partial charge in [0.1, 0.15) is 6.29 Å². The maximum atomic E-state index is 11.1. The lowest BCUT2D eigenvalue weighted by atomic mass is 10.0. The molecule has 324 valence electrons. The van der Waals surface area contributed by atoms with Crippen LogP contribution in [-0.4, -0.2) is 48.2 Å². The number of benzene rings is 5. The number of carboxylic acids is 1. The highest BCUT2D eigenvalue weighted by Crippen LogP contribution is 2.13. The number of nitriles is 1. The zero-order valence-electron chi connectivity index (χ0n) is 36.1. The molecule has 5 aromatic carbocycles. The molecule has 63 heavy (non-hydrogen) atoms. The van der Waals surface area contributed by atoms with Gasteiger partial charge in [-0.25, -0.2) is 9.59 Å². The van der Waals surface area contributed by atoms with Crippen molar-refractivity contribution >= 4 is 60.3 Å². The molecule has 12 heteroatoms. The average molecular weight is 849 g/mol. The van der Waals surface area contributed by atoms with Gasteiger partial charge in [-0.2, -0.15) is 5.26 Å². The number of allylic oxidation sites excluding steroid dienone is 4. The summed E-state index contributed by atoms with van der Waals surface area (Å²) in [6.07, 6.45) is 13.9. The fraction of sp³-hybridized carbons (Fsp3) is 0.118. The fourth-order valence-electron chi connectivity index (χ4n) is 5.03. The van der Waals surface area contributed by atoms with Gasteiger partial charge in [-0.15, -0.1) is 0 Å². The van der Waals surface area contributed by atoms with E-state index in [4.69, 9.17) is 27.6 Å². The number of carbonyl (C=O) groups is 6. The quantitative estimate of drug-likeness (QED) is 0.0594. The number of aryl methyl sites for hydroxylation is 1. The highest BCUT2D eigenvalue weighted by Gasteiger charge is 2.05. The molecule has 0 saturated heterocycles. The van der Waals surface area contributed by atoms with Crippen LogP contribution in [0.4, 0.5) is 0 Å². The van der Waals surface area contributed by atoms with Gasteiger partial charge in [0.25, 0.3) is 0 Å². The van der Waals surface area contributed by atoms with Crippen LogP contribution in [0.15, 0.2) is 139 Å². The van der Waals surface area contributed by atoms with E-state index in [1.165, 1.54) is 13.2 Å². The van der Waals surface area contributed by atoms with E-state index in [2.05, 4.69) is 4.74 Å². The Balaban J connectivity index is 0.000000395. The van der Waals surface area contributed by atoms with Crippen molar-refractivity contribution in [3.63, 3.8) is 0 Å². The van der Waals surface area contributed by atoms with Gasteiger partial charge in [0.05, 0.1) is 24.3 Å². The Morgan fingerprint density at radius 2 is 1.00 bits per heavy atom. The number of hydrogen-bond acceptors (Lipinski definition) is 8. The summed E-state index contributed by atoms with van der Waals surface area (Å²) in [5.41, 5.74) is 23.5. The van der Waals surface area contributed by atoms with Crippen molar-refractivity contribution < 1.29 is 38.6 Å². The third-order valence-electron chi connectivity index (χ3n) is 8.11. The number of nitrogens with zero attached hydrogens (tertiary/aromatic N) is 1. The zero-order chi connectivity index (χ0) is 47.3. The van der Waals surface area contributed by atoms with Crippen LogP contribution in [0.1, 0.15) is 118 Å². The third kappa shape index (κ3) is 20.4. The Bertz CT molecular complexity index is 2530. The van der Waals surface area contributed by atoms with Crippen LogP contribution in [-0.2, 0) is 4.74 Å². The summed E-state index contributed by atoms with van der Waals surface area (Å²) in [4.78, 5) is 64.2. The largest absolute Gasteiger partial charge is 0.478 e. The highest BCUT2D eigenvalue weighted by molar-refractivity contribution is 5.95. The summed E-state index contributed by atoms with van der Waals surface area (Å²) < 4.78 is 4.61. The second-order valence-corrected chi connectivity index (χ2v) is 13.0. The summed E-state index contributed by atoms with van der Waals surface area (Å²) in [5, 5.41) is 17.2. The molecule has 0 fully saturated rings. The van der Waals surface area contributed by atoms with Crippen LogP contribution in [0.25, 0.3) is 24.3 Å². The van der Waals surface area contributed by atoms with E-state index >= 15 is 0 Å². The van der Waals surface area contributed by atoms with Gasteiger partial charge in [0.15, 0.2) is 0 Å². The zero-order valence-corrected chi connectivity index (χ0v) is 36.1. The average Bonchev–Trinajstić information content (AvgIpc) is 3.28. The number of carboxylic acid groups (broad SMARTS) is 1. The monoisotopic (exact) mass is 848 g/mol. The second kappa shape index (κ2) is 28.9. The summed E-state index contributed by atoms with van der Waals surface area (Å²) in [6, 6.07) is 34.7. The first-order valence-corrected chi connectivity index (χ1v) is 19.2. The molecule has 5 aromatic rings. The van der Waals surface area contributed by atoms with Crippen LogP contribution < -0.4 is 17.2 Å².